The van der Waals surface area contributed by atoms with Crippen molar-refractivity contribution in [3.8, 4) is 0 Å². The Morgan fingerprint density at radius 1 is 1.22 bits per heavy atom. The first-order valence-corrected chi connectivity index (χ1v) is 9.48. The van der Waals surface area contributed by atoms with Gasteiger partial charge in [0.2, 0.25) is 0 Å². The van der Waals surface area contributed by atoms with Gasteiger partial charge in [-0.1, -0.05) is 38.1 Å². The summed E-state index contributed by atoms with van der Waals surface area (Å²) >= 11 is 0. The van der Waals surface area contributed by atoms with Crippen LogP contribution in [0.4, 0.5) is 0 Å². The molecule has 1 aromatic heterocycles. The van der Waals surface area contributed by atoms with Gasteiger partial charge in [-0.05, 0) is 42.2 Å². The molecule has 0 N–H and O–H groups in total. The molecule has 1 amide bonds. The highest BCUT2D eigenvalue weighted by atomic mass is 16.5. The van der Waals surface area contributed by atoms with E-state index >= 15 is 0 Å². The molecule has 2 atom stereocenters. The Balaban J connectivity index is 1.35. The SMILES string of the molecule is CC1(C)CC2CC(C)(CN2C(=O)COC(=O)Cn2nnc3ccccc32)C1. The fourth-order valence-corrected chi connectivity index (χ4v) is 5.18. The molecule has 2 fully saturated rings. The number of fused-ring (bicyclic) bond motifs is 3. The number of aromatic nitrogens is 3. The number of ether oxygens (including phenoxy) is 1. The van der Waals surface area contributed by atoms with Gasteiger partial charge in [-0.3, -0.25) is 9.59 Å². The summed E-state index contributed by atoms with van der Waals surface area (Å²) in [7, 11) is 0. The minimum atomic E-state index is -0.479. The summed E-state index contributed by atoms with van der Waals surface area (Å²) in [5, 5.41) is 8.00. The molecule has 1 aromatic carbocycles. The molecule has 0 radical (unpaired) electrons. The first-order valence-electron chi connectivity index (χ1n) is 9.48. The second-order valence-corrected chi connectivity index (χ2v) is 9.13. The second kappa shape index (κ2) is 6.32. The Morgan fingerprint density at radius 2 is 2.00 bits per heavy atom. The van der Waals surface area contributed by atoms with Gasteiger partial charge in [-0.2, -0.15) is 0 Å². The van der Waals surface area contributed by atoms with Gasteiger partial charge < -0.3 is 9.64 Å². The summed E-state index contributed by atoms with van der Waals surface area (Å²) in [5.74, 6) is -0.578. The number of hydrogen-bond acceptors (Lipinski definition) is 5. The summed E-state index contributed by atoms with van der Waals surface area (Å²) in [5.41, 5.74) is 1.91. The first-order chi connectivity index (χ1) is 12.7. The van der Waals surface area contributed by atoms with Crippen molar-refractivity contribution in [2.45, 2.75) is 52.6 Å². The number of esters is 1. The van der Waals surface area contributed by atoms with Gasteiger partial charge in [-0.25, -0.2) is 4.68 Å². The summed E-state index contributed by atoms with van der Waals surface area (Å²) in [6, 6.07) is 7.67. The molecule has 1 aliphatic heterocycles. The molecule has 4 rings (SSSR count). The molecule has 2 aliphatic rings. The van der Waals surface area contributed by atoms with Crippen LogP contribution < -0.4 is 0 Å². The van der Waals surface area contributed by atoms with Crippen LogP contribution in [0.1, 0.15) is 40.0 Å². The zero-order valence-electron chi connectivity index (χ0n) is 16.1. The number of amides is 1. The standard InChI is InChI=1S/C20H26N4O3/c1-19(2)8-14-9-20(3,12-19)13-23(14)17(25)11-27-18(26)10-24-16-7-5-4-6-15(16)21-22-24/h4-7,14H,8-13H2,1-3H3. The Morgan fingerprint density at radius 3 is 2.81 bits per heavy atom. The van der Waals surface area contributed by atoms with Crippen molar-refractivity contribution in [2.24, 2.45) is 10.8 Å². The van der Waals surface area contributed by atoms with Gasteiger partial charge in [0.25, 0.3) is 5.91 Å². The predicted molar refractivity (Wildman–Crippen MR) is 99.7 cm³/mol. The third-order valence-electron chi connectivity index (χ3n) is 5.79. The number of benzene rings is 1. The van der Waals surface area contributed by atoms with E-state index in [1.54, 1.807) is 0 Å². The topological polar surface area (TPSA) is 77.3 Å². The van der Waals surface area contributed by atoms with Crippen LogP contribution in [-0.2, 0) is 20.9 Å². The molecular weight excluding hydrogens is 344 g/mol. The number of carbonyl (C=O) groups excluding carboxylic acids is 2. The van der Waals surface area contributed by atoms with Crippen LogP contribution in [0.25, 0.3) is 11.0 Å². The van der Waals surface area contributed by atoms with E-state index in [4.69, 9.17) is 4.74 Å². The van der Waals surface area contributed by atoms with E-state index < -0.39 is 5.97 Å². The van der Waals surface area contributed by atoms with Crippen molar-refractivity contribution in [1.82, 2.24) is 19.9 Å². The Hall–Kier alpha value is -2.44. The van der Waals surface area contributed by atoms with Crippen LogP contribution in [0.15, 0.2) is 24.3 Å². The monoisotopic (exact) mass is 370 g/mol. The maximum Gasteiger partial charge on any atom is 0.328 e. The van der Waals surface area contributed by atoms with E-state index in [1.807, 2.05) is 29.2 Å². The summed E-state index contributed by atoms with van der Waals surface area (Å²) in [4.78, 5) is 26.8. The van der Waals surface area contributed by atoms with E-state index in [1.165, 1.54) is 4.68 Å². The minimum absolute atomic E-state index is 0.0536. The molecule has 2 bridgehead atoms. The van der Waals surface area contributed by atoms with E-state index in [0.29, 0.717) is 0 Å². The van der Waals surface area contributed by atoms with Gasteiger partial charge in [0.1, 0.15) is 12.1 Å². The average molecular weight is 370 g/mol. The zero-order chi connectivity index (χ0) is 19.2. The third kappa shape index (κ3) is 3.55. The lowest BCUT2D eigenvalue weighted by Gasteiger charge is -2.39. The van der Waals surface area contributed by atoms with Gasteiger partial charge in [0, 0.05) is 12.6 Å². The first kappa shape index (κ1) is 17.9. The van der Waals surface area contributed by atoms with Crippen LogP contribution in [0.3, 0.4) is 0 Å². The van der Waals surface area contributed by atoms with E-state index in [2.05, 4.69) is 31.1 Å². The minimum Gasteiger partial charge on any atom is -0.454 e. The van der Waals surface area contributed by atoms with E-state index in [0.717, 1.165) is 36.8 Å². The fraction of sp³-hybridized carbons (Fsp3) is 0.600. The molecule has 1 saturated heterocycles. The molecule has 7 heteroatoms. The lowest BCUT2D eigenvalue weighted by atomic mass is 9.65. The molecule has 1 saturated carbocycles. The number of nitrogens with zero attached hydrogens (tertiary/aromatic N) is 4. The highest BCUT2D eigenvalue weighted by Crippen LogP contribution is 2.52. The van der Waals surface area contributed by atoms with Crippen molar-refractivity contribution >= 4 is 22.9 Å². The molecule has 1 aliphatic carbocycles. The molecule has 0 spiro atoms. The Bertz CT molecular complexity index is 890. The van der Waals surface area contributed by atoms with Crippen LogP contribution in [0.2, 0.25) is 0 Å². The smallest absolute Gasteiger partial charge is 0.328 e. The van der Waals surface area contributed by atoms with Crippen LogP contribution in [0.5, 0.6) is 0 Å². The van der Waals surface area contributed by atoms with Crippen molar-refractivity contribution in [1.29, 1.82) is 0 Å². The van der Waals surface area contributed by atoms with Crippen molar-refractivity contribution in [3.05, 3.63) is 24.3 Å². The maximum atomic E-state index is 12.7. The highest BCUT2D eigenvalue weighted by Gasteiger charge is 2.50. The third-order valence-corrected chi connectivity index (χ3v) is 5.79. The van der Waals surface area contributed by atoms with E-state index in [-0.39, 0.29) is 35.9 Å². The molecule has 2 heterocycles. The summed E-state index contributed by atoms with van der Waals surface area (Å²) in [6.07, 6.45) is 3.17. The molecular formula is C20H26N4O3. The highest BCUT2D eigenvalue weighted by molar-refractivity contribution is 5.82. The van der Waals surface area contributed by atoms with Gasteiger partial charge in [-0.15, -0.1) is 5.10 Å². The lowest BCUT2D eigenvalue weighted by molar-refractivity contribution is -0.153. The number of para-hydroxylation sites is 1. The largest absolute Gasteiger partial charge is 0.454 e. The molecule has 144 valence electrons. The Kier molecular flexibility index (Phi) is 4.20. The normalized spacial score (nSPS) is 26.3. The molecule has 2 aromatic rings. The maximum absolute atomic E-state index is 12.7. The fourth-order valence-electron chi connectivity index (χ4n) is 5.18. The molecule has 27 heavy (non-hydrogen) atoms. The van der Waals surface area contributed by atoms with Crippen molar-refractivity contribution < 1.29 is 14.3 Å². The average Bonchev–Trinajstić information content (AvgIpc) is 3.10. The second-order valence-electron chi connectivity index (χ2n) is 9.13. The lowest BCUT2D eigenvalue weighted by Crippen LogP contribution is -2.40. The van der Waals surface area contributed by atoms with Crippen LogP contribution in [-0.4, -0.2) is 51.0 Å². The quantitative estimate of drug-likeness (QED) is 0.773. The number of carbonyl (C=O) groups is 2. The predicted octanol–water partition coefficient (Wildman–Crippen LogP) is 2.40. The molecule has 7 nitrogen and oxygen atoms in total. The van der Waals surface area contributed by atoms with Gasteiger partial charge in [0.05, 0.1) is 5.52 Å². The van der Waals surface area contributed by atoms with Crippen molar-refractivity contribution in [3.63, 3.8) is 0 Å². The van der Waals surface area contributed by atoms with E-state index in [9.17, 15) is 9.59 Å². The van der Waals surface area contributed by atoms with Gasteiger partial charge in [0.15, 0.2) is 6.61 Å². The zero-order valence-corrected chi connectivity index (χ0v) is 16.1. The molecule has 2 unspecified atom stereocenters. The number of likely N-dealkylation sites (tertiary alicyclic amines) is 1. The van der Waals surface area contributed by atoms with Gasteiger partial charge >= 0.3 is 5.97 Å². The number of rotatable bonds is 4. The summed E-state index contributed by atoms with van der Waals surface area (Å²) < 4.78 is 6.75. The van der Waals surface area contributed by atoms with Crippen LogP contribution >= 0.6 is 0 Å². The Labute approximate surface area is 158 Å². The van der Waals surface area contributed by atoms with Crippen molar-refractivity contribution in [2.75, 3.05) is 13.2 Å². The number of hydrogen-bond donors (Lipinski definition) is 0. The van der Waals surface area contributed by atoms with Crippen LogP contribution in [0, 0.1) is 10.8 Å². The summed E-state index contributed by atoms with van der Waals surface area (Å²) in [6.45, 7) is 7.30.